The summed E-state index contributed by atoms with van der Waals surface area (Å²) in [5.74, 6) is 0.135. The molecule has 0 aromatic rings. The smallest absolute Gasteiger partial charge is 0.220 e. The van der Waals surface area contributed by atoms with Gasteiger partial charge in [0.2, 0.25) is 5.91 Å². The molecule has 4 heteroatoms. The van der Waals surface area contributed by atoms with Crippen LogP contribution in [0, 0.1) is 0 Å². The van der Waals surface area contributed by atoms with Crippen molar-refractivity contribution in [3.05, 3.63) is 0 Å². The molecule has 14 heavy (non-hydrogen) atoms. The van der Waals surface area contributed by atoms with Crippen LogP contribution >= 0.6 is 0 Å². The van der Waals surface area contributed by atoms with Gasteiger partial charge >= 0.3 is 0 Å². The van der Waals surface area contributed by atoms with Gasteiger partial charge < -0.3 is 16.8 Å². The van der Waals surface area contributed by atoms with E-state index in [4.69, 9.17) is 11.5 Å². The normalized spacial score (nSPS) is 27.3. The molecule has 0 radical (unpaired) electrons. The lowest BCUT2D eigenvalue weighted by molar-refractivity contribution is -0.122. The summed E-state index contributed by atoms with van der Waals surface area (Å²) < 4.78 is 0. The summed E-state index contributed by atoms with van der Waals surface area (Å²) in [5, 5.41) is 3.02. The third-order valence-electron chi connectivity index (χ3n) is 2.74. The Hall–Kier alpha value is -0.610. The highest BCUT2D eigenvalue weighted by atomic mass is 16.1. The van der Waals surface area contributed by atoms with E-state index in [1.54, 1.807) is 0 Å². The average Bonchev–Trinajstić information content (AvgIpc) is 2.18. The van der Waals surface area contributed by atoms with E-state index >= 15 is 0 Å². The van der Waals surface area contributed by atoms with Crippen molar-refractivity contribution < 1.29 is 4.79 Å². The second-order valence-corrected chi connectivity index (χ2v) is 4.07. The molecule has 0 aromatic carbocycles. The molecule has 1 aliphatic rings. The fourth-order valence-electron chi connectivity index (χ4n) is 1.83. The van der Waals surface area contributed by atoms with Gasteiger partial charge in [-0.2, -0.15) is 0 Å². The SMILES string of the molecule is NCCCC(=O)NC1CCC(N)CC1. The summed E-state index contributed by atoms with van der Waals surface area (Å²) in [6.07, 6.45) is 5.44. The zero-order valence-corrected chi connectivity index (χ0v) is 8.67. The predicted octanol–water partition coefficient (Wildman–Crippen LogP) is 0.111. The largest absolute Gasteiger partial charge is 0.353 e. The molecule has 5 N–H and O–H groups in total. The quantitative estimate of drug-likeness (QED) is 0.601. The zero-order valence-electron chi connectivity index (χ0n) is 8.67. The minimum atomic E-state index is 0.135. The van der Waals surface area contributed by atoms with Gasteiger partial charge in [0.05, 0.1) is 0 Å². The van der Waals surface area contributed by atoms with Crippen molar-refractivity contribution in [1.29, 1.82) is 0 Å². The van der Waals surface area contributed by atoms with Gasteiger partial charge in [0.15, 0.2) is 0 Å². The van der Waals surface area contributed by atoms with Crippen LogP contribution in [0.15, 0.2) is 0 Å². The Morgan fingerprint density at radius 3 is 2.50 bits per heavy atom. The number of amides is 1. The summed E-state index contributed by atoms with van der Waals surface area (Å²) in [5.41, 5.74) is 11.1. The third-order valence-corrected chi connectivity index (χ3v) is 2.74. The lowest BCUT2D eigenvalue weighted by Crippen LogP contribution is -2.40. The highest BCUT2D eigenvalue weighted by Crippen LogP contribution is 2.16. The van der Waals surface area contributed by atoms with Gasteiger partial charge in [-0.3, -0.25) is 4.79 Å². The van der Waals surface area contributed by atoms with Crippen LogP contribution in [0.5, 0.6) is 0 Å². The molecule has 0 unspecified atom stereocenters. The Bertz CT molecular complexity index is 176. The van der Waals surface area contributed by atoms with Crippen LogP contribution in [0.1, 0.15) is 38.5 Å². The molecule has 0 spiro atoms. The van der Waals surface area contributed by atoms with Crippen LogP contribution in [-0.4, -0.2) is 24.5 Å². The van der Waals surface area contributed by atoms with Crippen LogP contribution in [-0.2, 0) is 4.79 Å². The van der Waals surface area contributed by atoms with Gasteiger partial charge in [-0.1, -0.05) is 0 Å². The van der Waals surface area contributed by atoms with Gasteiger partial charge in [-0.25, -0.2) is 0 Å². The molecular weight excluding hydrogens is 178 g/mol. The Morgan fingerprint density at radius 1 is 1.29 bits per heavy atom. The maximum atomic E-state index is 11.4. The number of carbonyl (C=O) groups is 1. The number of carbonyl (C=O) groups excluding carboxylic acids is 1. The maximum absolute atomic E-state index is 11.4. The van der Waals surface area contributed by atoms with Crippen molar-refractivity contribution in [3.63, 3.8) is 0 Å². The molecule has 1 amide bonds. The first kappa shape index (κ1) is 11.5. The third kappa shape index (κ3) is 4.07. The van der Waals surface area contributed by atoms with Gasteiger partial charge in [-0.05, 0) is 38.6 Å². The number of nitrogens with one attached hydrogen (secondary N) is 1. The highest BCUT2D eigenvalue weighted by Gasteiger charge is 2.19. The van der Waals surface area contributed by atoms with Crippen LogP contribution in [0.25, 0.3) is 0 Å². The number of nitrogens with two attached hydrogens (primary N) is 2. The van der Waals surface area contributed by atoms with E-state index in [1.807, 2.05) is 0 Å². The number of hydrogen-bond acceptors (Lipinski definition) is 3. The van der Waals surface area contributed by atoms with Crippen molar-refractivity contribution >= 4 is 5.91 Å². The molecule has 82 valence electrons. The van der Waals surface area contributed by atoms with E-state index < -0.39 is 0 Å². The molecule has 0 aromatic heterocycles. The van der Waals surface area contributed by atoms with Gasteiger partial charge in [-0.15, -0.1) is 0 Å². The van der Waals surface area contributed by atoms with Crippen LogP contribution in [0.2, 0.25) is 0 Å². The van der Waals surface area contributed by atoms with Crippen molar-refractivity contribution in [2.45, 2.75) is 50.6 Å². The van der Waals surface area contributed by atoms with E-state index in [1.165, 1.54) is 0 Å². The fourth-order valence-corrected chi connectivity index (χ4v) is 1.83. The maximum Gasteiger partial charge on any atom is 0.220 e. The number of rotatable bonds is 4. The van der Waals surface area contributed by atoms with E-state index in [9.17, 15) is 4.79 Å². The summed E-state index contributed by atoms with van der Waals surface area (Å²) in [7, 11) is 0. The summed E-state index contributed by atoms with van der Waals surface area (Å²) in [4.78, 5) is 11.4. The average molecular weight is 199 g/mol. The second kappa shape index (κ2) is 5.98. The number of hydrogen-bond donors (Lipinski definition) is 3. The van der Waals surface area contributed by atoms with Crippen molar-refractivity contribution in [2.24, 2.45) is 11.5 Å². The first-order chi connectivity index (χ1) is 6.72. The lowest BCUT2D eigenvalue weighted by atomic mass is 9.92. The molecule has 0 saturated heterocycles. The molecular formula is C10H21N3O. The molecule has 1 aliphatic carbocycles. The molecule has 1 fully saturated rings. The van der Waals surface area contributed by atoms with Gasteiger partial charge in [0.25, 0.3) is 0 Å². The van der Waals surface area contributed by atoms with Gasteiger partial charge in [0.1, 0.15) is 0 Å². The van der Waals surface area contributed by atoms with E-state index in [0.29, 0.717) is 25.0 Å². The Morgan fingerprint density at radius 2 is 1.93 bits per heavy atom. The Balaban J connectivity index is 2.14. The summed E-state index contributed by atoms with van der Waals surface area (Å²) in [6, 6.07) is 0.687. The molecule has 1 rings (SSSR count). The summed E-state index contributed by atoms with van der Waals surface area (Å²) >= 11 is 0. The molecule has 1 saturated carbocycles. The first-order valence-corrected chi connectivity index (χ1v) is 5.47. The Labute approximate surface area is 85.4 Å². The van der Waals surface area contributed by atoms with Gasteiger partial charge in [0, 0.05) is 18.5 Å². The molecule has 0 atom stereocenters. The zero-order chi connectivity index (χ0) is 10.4. The molecule has 0 heterocycles. The first-order valence-electron chi connectivity index (χ1n) is 5.47. The molecule has 4 nitrogen and oxygen atoms in total. The van der Waals surface area contributed by atoms with E-state index in [-0.39, 0.29) is 5.91 Å². The minimum absolute atomic E-state index is 0.135. The summed E-state index contributed by atoms with van der Waals surface area (Å²) in [6.45, 7) is 0.586. The molecule has 0 bridgehead atoms. The van der Waals surface area contributed by atoms with E-state index in [2.05, 4.69) is 5.32 Å². The highest BCUT2D eigenvalue weighted by molar-refractivity contribution is 5.76. The second-order valence-electron chi connectivity index (χ2n) is 4.07. The van der Waals surface area contributed by atoms with Crippen molar-refractivity contribution in [3.8, 4) is 0 Å². The van der Waals surface area contributed by atoms with Crippen LogP contribution in [0.3, 0.4) is 0 Å². The van der Waals surface area contributed by atoms with Crippen molar-refractivity contribution in [1.82, 2.24) is 5.32 Å². The monoisotopic (exact) mass is 199 g/mol. The van der Waals surface area contributed by atoms with Crippen LogP contribution in [0.4, 0.5) is 0 Å². The fraction of sp³-hybridized carbons (Fsp3) is 0.900. The Kier molecular flexibility index (Phi) is 4.90. The van der Waals surface area contributed by atoms with Crippen molar-refractivity contribution in [2.75, 3.05) is 6.54 Å². The standard InChI is InChI=1S/C10H21N3O/c11-7-1-2-10(14)13-9-5-3-8(12)4-6-9/h8-9H,1-7,11-12H2,(H,13,14). The lowest BCUT2D eigenvalue weighted by Gasteiger charge is -2.26. The topological polar surface area (TPSA) is 81.1 Å². The minimum Gasteiger partial charge on any atom is -0.353 e. The van der Waals surface area contributed by atoms with Crippen LogP contribution < -0.4 is 16.8 Å². The van der Waals surface area contributed by atoms with E-state index in [0.717, 1.165) is 32.1 Å². The predicted molar refractivity (Wildman–Crippen MR) is 56.7 cm³/mol. The molecule has 0 aliphatic heterocycles.